The Hall–Kier alpha value is -2.22. The Labute approximate surface area is 198 Å². The molecule has 1 atom stereocenters. The Balaban J connectivity index is 1.22. The minimum atomic E-state index is -0.0476. The summed E-state index contributed by atoms with van der Waals surface area (Å²) in [5, 5.41) is 6.48. The van der Waals surface area contributed by atoms with Crippen LogP contribution in [0.2, 0.25) is 0 Å². The average molecular weight is 453 g/mol. The van der Waals surface area contributed by atoms with Gasteiger partial charge in [-0.25, -0.2) is 0 Å². The van der Waals surface area contributed by atoms with Crippen LogP contribution in [0.5, 0.6) is 0 Å². The summed E-state index contributed by atoms with van der Waals surface area (Å²) < 4.78 is 0. The number of carbonyl (C=O) groups excluding carboxylic acids is 1. The first-order valence-corrected chi connectivity index (χ1v) is 12.7. The predicted molar refractivity (Wildman–Crippen MR) is 133 cm³/mol. The van der Waals surface area contributed by atoms with E-state index in [1.165, 1.54) is 38.9 Å². The fraction of sp³-hybridized carbons (Fsp3) is 0.615. The maximum absolute atomic E-state index is 12.7. The van der Waals surface area contributed by atoms with Gasteiger partial charge in [0.2, 0.25) is 0 Å². The fourth-order valence-corrected chi connectivity index (χ4v) is 5.18. The van der Waals surface area contributed by atoms with Crippen LogP contribution in [0.15, 0.2) is 48.3 Å². The van der Waals surface area contributed by atoms with Crippen molar-refractivity contribution in [2.24, 2.45) is 0 Å². The maximum atomic E-state index is 12.7. The Morgan fingerprint density at radius 1 is 1.12 bits per heavy atom. The Morgan fingerprint density at radius 2 is 1.91 bits per heavy atom. The standard InChI is InChI=1S/C26H40N6O/c1-21(2)30-17-11-23(12-18-30)31-15-6-16-32(20-19-31)25-9-5-8-24(29-25)26(33)28-14-10-22-7-3-4-13-27-22/h3-5,7-9,13,21,23,25,29H,6,10-12,14-20H2,1-2H3,(H,28,33). The summed E-state index contributed by atoms with van der Waals surface area (Å²) in [6.07, 6.45) is 12.4. The van der Waals surface area contributed by atoms with Gasteiger partial charge in [-0.15, -0.1) is 0 Å². The molecule has 1 unspecified atom stereocenters. The van der Waals surface area contributed by atoms with E-state index in [-0.39, 0.29) is 12.1 Å². The van der Waals surface area contributed by atoms with Crippen LogP contribution in [0.25, 0.3) is 0 Å². The monoisotopic (exact) mass is 452 g/mol. The zero-order chi connectivity index (χ0) is 23.0. The van der Waals surface area contributed by atoms with Crippen molar-refractivity contribution in [3.8, 4) is 0 Å². The van der Waals surface area contributed by atoms with Crippen molar-refractivity contribution in [1.82, 2.24) is 30.3 Å². The number of dihydropyridines is 1. The van der Waals surface area contributed by atoms with Gasteiger partial charge in [0.15, 0.2) is 0 Å². The van der Waals surface area contributed by atoms with Crippen molar-refractivity contribution >= 4 is 5.91 Å². The van der Waals surface area contributed by atoms with Crippen LogP contribution >= 0.6 is 0 Å². The first kappa shape index (κ1) is 23.9. The number of hydrogen-bond donors (Lipinski definition) is 2. The molecule has 1 aromatic rings. The second kappa shape index (κ2) is 11.8. The van der Waals surface area contributed by atoms with Gasteiger partial charge in [0, 0.05) is 56.6 Å². The summed E-state index contributed by atoms with van der Waals surface area (Å²) in [6.45, 7) is 12.0. The second-order valence-electron chi connectivity index (χ2n) is 9.67. The van der Waals surface area contributed by atoms with Gasteiger partial charge in [0.1, 0.15) is 5.70 Å². The number of amides is 1. The smallest absolute Gasteiger partial charge is 0.267 e. The highest BCUT2D eigenvalue weighted by Crippen LogP contribution is 2.20. The van der Waals surface area contributed by atoms with Crippen LogP contribution in [0.3, 0.4) is 0 Å². The third kappa shape index (κ3) is 6.65. The molecule has 0 saturated carbocycles. The second-order valence-corrected chi connectivity index (χ2v) is 9.67. The van der Waals surface area contributed by atoms with Crippen molar-refractivity contribution < 1.29 is 4.79 Å². The lowest BCUT2D eigenvalue weighted by Crippen LogP contribution is -2.50. The molecule has 2 fully saturated rings. The highest BCUT2D eigenvalue weighted by Gasteiger charge is 2.29. The van der Waals surface area contributed by atoms with Crippen molar-refractivity contribution in [3.05, 3.63) is 54.0 Å². The predicted octanol–water partition coefficient (Wildman–Crippen LogP) is 1.99. The fourth-order valence-electron chi connectivity index (χ4n) is 5.18. The molecule has 4 rings (SSSR count). The zero-order valence-electron chi connectivity index (χ0n) is 20.2. The molecular formula is C26H40N6O. The van der Waals surface area contributed by atoms with Gasteiger partial charge in [-0.3, -0.25) is 19.6 Å². The van der Waals surface area contributed by atoms with E-state index < -0.39 is 0 Å². The van der Waals surface area contributed by atoms with Gasteiger partial charge < -0.3 is 15.5 Å². The first-order chi connectivity index (χ1) is 16.1. The van der Waals surface area contributed by atoms with Crippen molar-refractivity contribution in [1.29, 1.82) is 0 Å². The summed E-state index contributed by atoms with van der Waals surface area (Å²) in [6, 6.07) is 7.24. The molecule has 1 amide bonds. The van der Waals surface area contributed by atoms with Crippen LogP contribution in [-0.2, 0) is 11.2 Å². The molecule has 180 valence electrons. The molecule has 2 saturated heterocycles. The van der Waals surface area contributed by atoms with E-state index in [0.717, 1.165) is 37.8 Å². The molecule has 2 N–H and O–H groups in total. The van der Waals surface area contributed by atoms with Gasteiger partial charge in [0.05, 0.1) is 6.17 Å². The number of allylic oxidation sites excluding steroid dienone is 2. The molecule has 33 heavy (non-hydrogen) atoms. The van der Waals surface area contributed by atoms with Crippen molar-refractivity contribution in [3.63, 3.8) is 0 Å². The summed E-state index contributed by atoms with van der Waals surface area (Å²) in [4.78, 5) is 24.8. The molecule has 3 aliphatic heterocycles. The van der Waals surface area contributed by atoms with Crippen molar-refractivity contribution in [2.45, 2.75) is 57.8 Å². The van der Waals surface area contributed by atoms with Gasteiger partial charge in [0.25, 0.3) is 5.91 Å². The summed E-state index contributed by atoms with van der Waals surface area (Å²) in [7, 11) is 0. The van der Waals surface area contributed by atoms with Crippen LogP contribution < -0.4 is 10.6 Å². The normalized spacial score (nSPS) is 23.7. The maximum Gasteiger partial charge on any atom is 0.267 e. The molecule has 0 aromatic carbocycles. The van der Waals surface area contributed by atoms with E-state index in [0.29, 0.717) is 18.3 Å². The minimum Gasteiger partial charge on any atom is -0.362 e. The zero-order valence-corrected chi connectivity index (χ0v) is 20.2. The molecule has 4 heterocycles. The van der Waals surface area contributed by atoms with Crippen LogP contribution in [-0.4, -0.2) is 89.7 Å². The SMILES string of the molecule is CC(C)N1CCC(N2CCCN(C3C=CC=C(C(=O)NCCc4ccccn4)N3)CC2)CC1. The molecule has 1 aromatic heterocycles. The van der Waals surface area contributed by atoms with Crippen molar-refractivity contribution in [2.75, 3.05) is 45.8 Å². The Kier molecular flexibility index (Phi) is 8.53. The lowest BCUT2D eigenvalue weighted by Gasteiger charge is -2.39. The molecular weight excluding hydrogens is 412 g/mol. The highest BCUT2D eigenvalue weighted by molar-refractivity contribution is 5.93. The van der Waals surface area contributed by atoms with E-state index in [4.69, 9.17) is 0 Å². The van der Waals surface area contributed by atoms with Crippen LogP contribution in [0.4, 0.5) is 0 Å². The van der Waals surface area contributed by atoms with E-state index >= 15 is 0 Å². The number of carbonyl (C=O) groups is 1. The summed E-state index contributed by atoms with van der Waals surface area (Å²) in [5.74, 6) is -0.0476. The number of rotatable bonds is 7. The molecule has 3 aliphatic rings. The lowest BCUT2D eigenvalue weighted by molar-refractivity contribution is -0.118. The first-order valence-electron chi connectivity index (χ1n) is 12.7. The Morgan fingerprint density at radius 3 is 2.67 bits per heavy atom. The number of likely N-dealkylation sites (tertiary alicyclic amines) is 1. The quantitative estimate of drug-likeness (QED) is 0.660. The molecule has 0 aliphatic carbocycles. The summed E-state index contributed by atoms with van der Waals surface area (Å²) in [5.41, 5.74) is 1.64. The molecule has 0 radical (unpaired) electrons. The minimum absolute atomic E-state index is 0.0476. The van der Waals surface area contributed by atoms with E-state index in [9.17, 15) is 4.79 Å². The largest absolute Gasteiger partial charge is 0.362 e. The third-order valence-corrected chi connectivity index (χ3v) is 7.20. The van der Waals surface area contributed by atoms with E-state index in [1.807, 2.05) is 30.4 Å². The van der Waals surface area contributed by atoms with Gasteiger partial charge in [-0.1, -0.05) is 12.1 Å². The molecule has 0 bridgehead atoms. The van der Waals surface area contributed by atoms with E-state index in [2.05, 4.69) is 50.2 Å². The highest BCUT2D eigenvalue weighted by atomic mass is 16.2. The number of pyridine rings is 1. The van der Waals surface area contributed by atoms with Gasteiger partial charge in [-0.2, -0.15) is 0 Å². The number of nitrogens with zero attached hydrogens (tertiary/aromatic N) is 4. The van der Waals surface area contributed by atoms with Gasteiger partial charge >= 0.3 is 0 Å². The van der Waals surface area contributed by atoms with Crippen LogP contribution in [0.1, 0.15) is 38.8 Å². The third-order valence-electron chi connectivity index (χ3n) is 7.20. The van der Waals surface area contributed by atoms with Crippen LogP contribution in [0, 0.1) is 0 Å². The Bertz CT molecular complexity index is 815. The molecule has 0 spiro atoms. The molecule has 7 heteroatoms. The van der Waals surface area contributed by atoms with E-state index in [1.54, 1.807) is 6.20 Å². The topological polar surface area (TPSA) is 63.7 Å². The number of nitrogens with one attached hydrogen (secondary N) is 2. The number of hydrogen-bond acceptors (Lipinski definition) is 6. The number of piperidine rings is 1. The lowest BCUT2D eigenvalue weighted by atomic mass is 10.0. The van der Waals surface area contributed by atoms with Gasteiger partial charge in [-0.05, 0) is 77.0 Å². The number of aromatic nitrogens is 1. The molecule has 7 nitrogen and oxygen atoms in total. The average Bonchev–Trinajstić information content (AvgIpc) is 3.11. The summed E-state index contributed by atoms with van der Waals surface area (Å²) >= 11 is 0.